The van der Waals surface area contributed by atoms with Gasteiger partial charge in [-0.1, -0.05) is 0 Å². The van der Waals surface area contributed by atoms with Gasteiger partial charge in [-0.2, -0.15) is 0 Å². The van der Waals surface area contributed by atoms with E-state index in [0.29, 0.717) is 32.8 Å². The fourth-order valence-corrected chi connectivity index (χ4v) is 4.86. The maximum Gasteiger partial charge on any atom is 0.265 e. The Bertz CT molecular complexity index is 1540. The number of nitrogens with zero attached hydrogens (tertiary/aromatic N) is 6. The highest BCUT2D eigenvalue weighted by atomic mass is 16.2. The Balaban J connectivity index is 1.43. The van der Waals surface area contributed by atoms with Gasteiger partial charge in [0.25, 0.3) is 23.1 Å². The summed E-state index contributed by atoms with van der Waals surface area (Å²) in [5.41, 5.74) is -1.00. The minimum Gasteiger partial charge on any atom is -0.275 e. The Morgan fingerprint density at radius 3 is 1.88 bits per heavy atom. The van der Waals surface area contributed by atoms with Crippen molar-refractivity contribution in [2.24, 2.45) is 0 Å². The van der Waals surface area contributed by atoms with Crippen LogP contribution in [-0.4, -0.2) is 71.0 Å². The molecule has 1 fully saturated rings. The number of carbonyl (C=O) groups is 6. The highest BCUT2D eigenvalue weighted by Gasteiger charge is 2.76. The molecule has 6 rings (SSSR count). The van der Waals surface area contributed by atoms with Crippen LogP contribution in [-0.2, 0) is 30.0 Å². The van der Waals surface area contributed by atoms with Gasteiger partial charge in [-0.15, -0.1) is 0 Å². The highest BCUT2D eigenvalue weighted by Crippen LogP contribution is 2.48. The van der Waals surface area contributed by atoms with Gasteiger partial charge in [0, 0.05) is 13.8 Å². The number of hydrogen-bond acceptors (Lipinski definition) is 8. The van der Waals surface area contributed by atoms with Crippen molar-refractivity contribution in [2.45, 2.75) is 38.5 Å². The van der Waals surface area contributed by atoms with Crippen LogP contribution in [0.1, 0.15) is 48.9 Å². The number of hydrogen-bond donors (Lipinski definition) is 0. The van der Waals surface area contributed by atoms with E-state index in [0.717, 1.165) is 18.7 Å². The van der Waals surface area contributed by atoms with E-state index in [9.17, 15) is 28.8 Å². The number of imide groups is 2. The predicted molar refractivity (Wildman–Crippen MR) is 109 cm³/mol. The molecule has 1 saturated heterocycles. The van der Waals surface area contributed by atoms with Gasteiger partial charge in [0.05, 0.1) is 22.1 Å². The molecule has 0 atom stereocenters. The van der Waals surface area contributed by atoms with E-state index < -0.39 is 47.0 Å². The van der Waals surface area contributed by atoms with E-state index >= 15 is 0 Å². The number of fused-ring (bicyclic) bond motifs is 7. The Hall–Kier alpha value is -4.22. The van der Waals surface area contributed by atoms with Gasteiger partial charge in [0.2, 0.25) is 17.7 Å². The van der Waals surface area contributed by atoms with Crippen molar-refractivity contribution in [1.82, 2.24) is 28.9 Å². The summed E-state index contributed by atoms with van der Waals surface area (Å²) in [5, 5.41) is 0. The summed E-state index contributed by atoms with van der Waals surface area (Å²) < 4.78 is 2.66. The van der Waals surface area contributed by atoms with Crippen molar-refractivity contribution >= 4 is 57.5 Å². The van der Waals surface area contributed by atoms with E-state index in [1.807, 2.05) is 0 Å². The lowest BCUT2D eigenvalue weighted by atomic mass is 9.71. The summed E-state index contributed by atoms with van der Waals surface area (Å²) in [5.74, 6) is -3.20. The quantitative estimate of drug-likeness (QED) is 0.391. The smallest absolute Gasteiger partial charge is 0.265 e. The minimum absolute atomic E-state index is 0.0194. The number of benzene rings is 1. The first-order valence-corrected chi connectivity index (χ1v) is 10.1. The largest absolute Gasteiger partial charge is 0.275 e. The third-order valence-corrected chi connectivity index (χ3v) is 6.76. The first-order valence-electron chi connectivity index (χ1n) is 10.1. The highest BCUT2D eigenvalue weighted by molar-refractivity contribution is 6.43. The van der Waals surface area contributed by atoms with Crippen molar-refractivity contribution in [2.75, 3.05) is 6.67 Å². The molecule has 0 bridgehead atoms. The lowest BCUT2D eigenvalue weighted by molar-refractivity contribution is -0.172. The van der Waals surface area contributed by atoms with Crippen molar-refractivity contribution < 1.29 is 28.8 Å². The summed E-state index contributed by atoms with van der Waals surface area (Å²) in [6.07, 6.45) is 0. The van der Waals surface area contributed by atoms with E-state index in [-0.39, 0.29) is 11.7 Å². The molecule has 166 valence electrons. The van der Waals surface area contributed by atoms with Crippen molar-refractivity contribution in [3.63, 3.8) is 0 Å². The molecule has 0 radical (unpaired) electrons. The SMILES string of the molecule is CC(=O)N(CN1C(=O)C2(C1=O)C(=O)n1c2nc2cc3nc4n(c3cc21)C(=O)C4(C)C)C(C)=O. The molecule has 0 unspecified atom stereocenters. The lowest BCUT2D eigenvalue weighted by Gasteiger charge is -2.49. The van der Waals surface area contributed by atoms with Gasteiger partial charge >= 0.3 is 0 Å². The van der Waals surface area contributed by atoms with Crippen LogP contribution in [0.4, 0.5) is 0 Å². The Morgan fingerprint density at radius 2 is 1.33 bits per heavy atom. The molecule has 3 aromatic rings. The number of carbonyl (C=O) groups excluding carboxylic acids is 6. The molecule has 3 aliphatic heterocycles. The predicted octanol–water partition coefficient (Wildman–Crippen LogP) is -0.0697. The molecule has 33 heavy (non-hydrogen) atoms. The Morgan fingerprint density at radius 1 is 0.818 bits per heavy atom. The molecule has 0 saturated carbocycles. The number of imidazole rings is 2. The van der Waals surface area contributed by atoms with Crippen LogP contribution in [0.3, 0.4) is 0 Å². The van der Waals surface area contributed by atoms with Crippen LogP contribution in [0.15, 0.2) is 12.1 Å². The average Bonchev–Trinajstić information content (AvgIpc) is 3.26. The summed E-state index contributed by atoms with van der Waals surface area (Å²) in [6, 6.07) is 3.22. The molecular formula is C21H16N6O6. The first-order chi connectivity index (χ1) is 15.4. The normalized spacial score (nSPS) is 19.3. The molecule has 2 aromatic heterocycles. The van der Waals surface area contributed by atoms with Crippen LogP contribution in [0, 0.1) is 0 Å². The lowest BCUT2D eigenvalue weighted by Crippen LogP contribution is -2.79. The number of likely N-dealkylation sites (tertiary alicyclic amines) is 1. The molecule has 4 amide bonds. The third kappa shape index (κ3) is 1.85. The van der Waals surface area contributed by atoms with Crippen molar-refractivity contribution in [3.05, 3.63) is 23.8 Å². The molecule has 0 N–H and O–H groups in total. The molecule has 0 aliphatic carbocycles. The van der Waals surface area contributed by atoms with Crippen molar-refractivity contribution in [3.8, 4) is 0 Å². The van der Waals surface area contributed by atoms with Crippen molar-refractivity contribution in [1.29, 1.82) is 0 Å². The molecule has 12 nitrogen and oxygen atoms in total. The molecule has 12 heteroatoms. The average molecular weight is 448 g/mol. The van der Waals surface area contributed by atoms with E-state index in [2.05, 4.69) is 9.97 Å². The fourth-order valence-electron chi connectivity index (χ4n) is 4.86. The number of β-lactam (4-membered cyclic amide) rings is 2. The topological polar surface area (TPSA) is 145 Å². The van der Waals surface area contributed by atoms with Gasteiger partial charge in [-0.3, -0.25) is 47.7 Å². The molecule has 3 aliphatic rings. The number of amides is 4. The molecule has 5 heterocycles. The van der Waals surface area contributed by atoms with Crippen LogP contribution >= 0.6 is 0 Å². The van der Waals surface area contributed by atoms with Gasteiger partial charge in [-0.25, -0.2) is 9.97 Å². The van der Waals surface area contributed by atoms with Crippen LogP contribution < -0.4 is 0 Å². The monoisotopic (exact) mass is 448 g/mol. The second kappa shape index (κ2) is 5.39. The van der Waals surface area contributed by atoms with E-state index in [1.54, 1.807) is 26.0 Å². The second-order valence-electron chi connectivity index (χ2n) is 9.00. The number of rotatable bonds is 2. The van der Waals surface area contributed by atoms with Gasteiger partial charge in [0.15, 0.2) is 5.82 Å². The fraction of sp³-hybridized carbons (Fsp3) is 0.333. The Labute approximate surface area is 184 Å². The maximum atomic E-state index is 13.1. The number of aromatic nitrogens is 4. The summed E-state index contributed by atoms with van der Waals surface area (Å²) in [4.78, 5) is 85.1. The zero-order valence-corrected chi connectivity index (χ0v) is 18.0. The first kappa shape index (κ1) is 19.5. The third-order valence-electron chi connectivity index (χ3n) is 6.76. The standard InChI is InChI=1S/C21H16N6O6/c1-8(28)24(9(2)29)7-25-17(31)21(18(25)32)15-23-11-5-10-12(6-13(11)27(15)19(21)33)26-14(22-10)20(3,4)16(26)30/h5-6H,7H2,1-4H3. The molecule has 1 aromatic carbocycles. The summed E-state index contributed by atoms with van der Waals surface area (Å²) in [7, 11) is 0. The second-order valence-corrected chi connectivity index (χ2v) is 9.00. The zero-order valence-electron chi connectivity index (χ0n) is 18.0. The minimum atomic E-state index is -2.06. The zero-order chi connectivity index (χ0) is 23.8. The van der Waals surface area contributed by atoms with Crippen LogP contribution in [0.2, 0.25) is 0 Å². The maximum absolute atomic E-state index is 13.1. The van der Waals surface area contributed by atoms with E-state index in [4.69, 9.17) is 0 Å². The van der Waals surface area contributed by atoms with Crippen LogP contribution in [0.25, 0.3) is 22.1 Å². The summed E-state index contributed by atoms with van der Waals surface area (Å²) >= 11 is 0. The van der Waals surface area contributed by atoms with Gasteiger partial charge in [-0.05, 0) is 26.0 Å². The van der Waals surface area contributed by atoms with E-state index in [1.165, 1.54) is 9.13 Å². The Kier molecular flexibility index (Phi) is 3.18. The molecular weight excluding hydrogens is 432 g/mol. The van der Waals surface area contributed by atoms with Crippen LogP contribution in [0.5, 0.6) is 0 Å². The summed E-state index contributed by atoms with van der Waals surface area (Å²) in [6.45, 7) is 5.27. The van der Waals surface area contributed by atoms with Gasteiger partial charge < -0.3 is 0 Å². The van der Waals surface area contributed by atoms with Gasteiger partial charge in [0.1, 0.15) is 17.9 Å². The molecule has 1 spiro atoms.